The van der Waals surface area contributed by atoms with Crippen molar-refractivity contribution in [2.24, 2.45) is 0 Å². The molecule has 0 fully saturated rings. The van der Waals surface area contributed by atoms with E-state index < -0.39 is 0 Å². The Morgan fingerprint density at radius 2 is 0.867 bits per heavy atom. The van der Waals surface area contributed by atoms with Crippen LogP contribution >= 0.6 is 0 Å². The Bertz CT molecular complexity index is 2090. The first-order chi connectivity index (χ1) is 21.2. The number of benzene rings is 4. The maximum Gasteiger partial charge on any atom is 1.00 e. The molecule has 0 unspecified atom stereocenters. The van der Waals surface area contributed by atoms with E-state index in [0.717, 1.165) is 72.6 Å². The normalized spacial score (nSPS) is 9.91. The second kappa shape index (κ2) is 15.8. The van der Waals surface area contributed by atoms with Crippen LogP contribution in [0.3, 0.4) is 0 Å². The van der Waals surface area contributed by atoms with Gasteiger partial charge in [0, 0.05) is 52.8 Å². The molecule has 0 amide bonds. The fraction of sp³-hybridized carbons (Fsp3) is 0.0270. The van der Waals surface area contributed by atoms with Crippen molar-refractivity contribution in [1.82, 2.24) is 19.9 Å². The smallest absolute Gasteiger partial charge is 0.458 e. The SMILES string of the molecule is [Au+].[Au+].[C-]#Cc1ccc2c(c1)oc1ccccc12.[C-]#Cc1ccc2c(c1)oc1ccccc12.c1ncc(Cc2cncnc2)cn1. The molecule has 6 nitrogen and oxygen atoms in total. The summed E-state index contributed by atoms with van der Waals surface area (Å²) in [4.78, 5) is 15.7. The van der Waals surface area contributed by atoms with Gasteiger partial charge in [-0.25, -0.2) is 19.9 Å². The molecule has 0 aliphatic carbocycles. The van der Waals surface area contributed by atoms with Gasteiger partial charge in [-0.1, -0.05) is 60.7 Å². The average molecular weight is 949 g/mol. The van der Waals surface area contributed by atoms with E-state index in [1.54, 1.807) is 24.8 Å². The summed E-state index contributed by atoms with van der Waals surface area (Å²) in [5.41, 5.74) is 7.00. The third-order valence-corrected chi connectivity index (χ3v) is 6.68. The maximum absolute atomic E-state index is 7.06. The number of hydrogen-bond acceptors (Lipinski definition) is 6. The molecule has 0 radical (unpaired) electrons. The number of furan rings is 2. The van der Waals surface area contributed by atoms with Crippen molar-refractivity contribution in [1.29, 1.82) is 0 Å². The van der Waals surface area contributed by atoms with Gasteiger partial charge in [-0.05, 0) is 23.3 Å². The van der Waals surface area contributed by atoms with Gasteiger partial charge < -0.3 is 21.7 Å². The number of aromatic nitrogens is 4. The maximum atomic E-state index is 7.06. The molecule has 4 aromatic carbocycles. The molecular formula is C37H22Au2N4O2. The number of nitrogens with zero attached hydrogens (tertiary/aromatic N) is 4. The molecule has 0 N–H and O–H groups in total. The average Bonchev–Trinajstić information content (AvgIpc) is 3.63. The van der Waals surface area contributed by atoms with Crippen LogP contribution in [-0.2, 0) is 51.2 Å². The van der Waals surface area contributed by atoms with Crippen LogP contribution in [0.4, 0.5) is 0 Å². The molecule has 0 atom stereocenters. The first kappa shape index (κ1) is 33.1. The minimum Gasteiger partial charge on any atom is -0.458 e. The van der Waals surface area contributed by atoms with Crippen LogP contribution in [0.1, 0.15) is 22.3 Å². The molecule has 0 saturated carbocycles. The monoisotopic (exact) mass is 948 g/mol. The molecular weight excluding hydrogens is 926 g/mol. The fourth-order valence-electron chi connectivity index (χ4n) is 4.69. The van der Waals surface area contributed by atoms with Crippen molar-refractivity contribution in [3.63, 3.8) is 0 Å². The second-order valence-corrected chi connectivity index (χ2v) is 9.54. The number of rotatable bonds is 2. The molecule has 0 aliphatic rings. The Balaban J connectivity index is 0.000000151. The van der Waals surface area contributed by atoms with Crippen LogP contribution in [0.5, 0.6) is 0 Å². The Morgan fingerprint density at radius 1 is 0.489 bits per heavy atom. The summed E-state index contributed by atoms with van der Waals surface area (Å²) in [6.45, 7) is 0. The van der Waals surface area contributed by atoms with Crippen LogP contribution in [0.15, 0.2) is 131 Å². The molecule has 4 aromatic heterocycles. The number of hydrogen-bond donors (Lipinski definition) is 0. The fourth-order valence-corrected chi connectivity index (χ4v) is 4.69. The van der Waals surface area contributed by atoms with Crippen molar-refractivity contribution in [2.75, 3.05) is 0 Å². The first-order valence-corrected chi connectivity index (χ1v) is 13.4. The number of fused-ring (bicyclic) bond motifs is 6. The molecule has 224 valence electrons. The Labute approximate surface area is 291 Å². The third kappa shape index (κ3) is 7.85. The topological polar surface area (TPSA) is 77.8 Å². The van der Waals surface area contributed by atoms with E-state index >= 15 is 0 Å². The van der Waals surface area contributed by atoms with Gasteiger partial charge in [-0.3, -0.25) is 11.8 Å². The van der Waals surface area contributed by atoms with E-state index in [4.69, 9.17) is 21.7 Å². The zero-order valence-corrected chi connectivity index (χ0v) is 27.8. The molecule has 0 spiro atoms. The van der Waals surface area contributed by atoms with Crippen LogP contribution in [0.25, 0.3) is 43.9 Å². The Hall–Kier alpha value is -4.76. The van der Waals surface area contributed by atoms with Crippen molar-refractivity contribution < 1.29 is 53.6 Å². The van der Waals surface area contributed by atoms with Gasteiger partial charge in [0.25, 0.3) is 0 Å². The standard InChI is InChI=1S/2C14H7O.C9H8N4.2Au/c2*1-2-10-7-8-12-11-5-3-4-6-13(11)15-14(12)9-10;1(8-2-10-6-11-3-8)9-4-12-7-13-5-9;;/h2*3-9H;2-7H,1H2;;/q2*-1;;2*+1. The van der Waals surface area contributed by atoms with Crippen molar-refractivity contribution in [3.05, 3.63) is 157 Å². The third-order valence-electron chi connectivity index (χ3n) is 6.68. The summed E-state index contributed by atoms with van der Waals surface area (Å²) in [7, 11) is 0. The van der Waals surface area contributed by atoms with Gasteiger partial charge in [-0.2, -0.15) is 0 Å². The summed E-state index contributed by atoms with van der Waals surface area (Å²) >= 11 is 0. The summed E-state index contributed by atoms with van der Waals surface area (Å²) in [6, 6.07) is 27.2. The van der Waals surface area contributed by atoms with E-state index in [-0.39, 0.29) is 44.8 Å². The van der Waals surface area contributed by atoms with Crippen LogP contribution < -0.4 is 0 Å². The van der Waals surface area contributed by atoms with Crippen LogP contribution in [0, 0.1) is 24.7 Å². The quantitative estimate of drug-likeness (QED) is 0.0998. The van der Waals surface area contributed by atoms with E-state index in [1.165, 1.54) is 12.7 Å². The molecule has 45 heavy (non-hydrogen) atoms. The number of para-hydroxylation sites is 2. The molecule has 4 heterocycles. The zero-order valence-electron chi connectivity index (χ0n) is 23.5. The van der Waals surface area contributed by atoms with Gasteiger partial charge in [0.15, 0.2) is 0 Å². The van der Waals surface area contributed by atoms with Gasteiger partial charge in [0.1, 0.15) is 35.0 Å². The molecule has 8 rings (SSSR count). The van der Waals surface area contributed by atoms with E-state index in [1.807, 2.05) is 84.9 Å². The summed E-state index contributed by atoms with van der Waals surface area (Å²) in [6.07, 6.45) is 25.1. The van der Waals surface area contributed by atoms with Gasteiger partial charge in [0.05, 0.1) is 0 Å². The van der Waals surface area contributed by atoms with E-state index in [2.05, 4.69) is 31.8 Å². The van der Waals surface area contributed by atoms with E-state index in [9.17, 15) is 0 Å². The predicted molar refractivity (Wildman–Crippen MR) is 167 cm³/mol. The zero-order chi connectivity index (χ0) is 29.4. The van der Waals surface area contributed by atoms with Crippen LogP contribution in [0.2, 0.25) is 0 Å². The molecule has 0 aliphatic heterocycles. The van der Waals surface area contributed by atoms with Gasteiger partial charge >= 0.3 is 44.8 Å². The van der Waals surface area contributed by atoms with Crippen LogP contribution in [-0.4, -0.2) is 19.9 Å². The summed E-state index contributed by atoms with van der Waals surface area (Å²) < 4.78 is 11.3. The molecule has 8 heteroatoms. The largest absolute Gasteiger partial charge is 1.00 e. The van der Waals surface area contributed by atoms with Gasteiger partial charge in [0.2, 0.25) is 0 Å². The van der Waals surface area contributed by atoms with Crippen molar-refractivity contribution in [3.8, 4) is 11.8 Å². The van der Waals surface area contributed by atoms with Crippen molar-refractivity contribution in [2.45, 2.75) is 6.42 Å². The minimum absolute atomic E-state index is 0. The first-order valence-electron chi connectivity index (χ1n) is 13.4. The minimum atomic E-state index is 0. The molecule has 8 aromatic rings. The molecule has 0 bridgehead atoms. The second-order valence-electron chi connectivity index (χ2n) is 9.54. The summed E-state index contributed by atoms with van der Waals surface area (Å²) in [5, 5.41) is 4.40. The summed E-state index contributed by atoms with van der Waals surface area (Å²) in [5.74, 6) is 4.71. The molecule has 0 saturated heterocycles. The van der Waals surface area contributed by atoms with Gasteiger partial charge in [-0.15, -0.1) is 23.3 Å². The Kier molecular flexibility index (Phi) is 11.6. The van der Waals surface area contributed by atoms with Crippen molar-refractivity contribution >= 4 is 43.9 Å². The predicted octanol–water partition coefficient (Wildman–Crippen LogP) is 7.90. The van der Waals surface area contributed by atoms with E-state index in [0.29, 0.717) is 0 Å². The Morgan fingerprint density at radius 3 is 1.27 bits per heavy atom.